The topological polar surface area (TPSA) is 40.5 Å². The predicted molar refractivity (Wildman–Crippen MR) is 60.2 cm³/mol. The van der Waals surface area contributed by atoms with Crippen LogP contribution in [0.1, 0.15) is 35.7 Å². The summed E-state index contributed by atoms with van der Waals surface area (Å²) in [7, 11) is 3.41. The van der Waals surface area contributed by atoms with Gasteiger partial charge in [0.2, 0.25) is 0 Å². The number of aromatic hydroxyl groups is 1. The van der Waals surface area contributed by atoms with E-state index in [9.17, 15) is 9.90 Å². The summed E-state index contributed by atoms with van der Waals surface area (Å²) in [5, 5.41) is 9.72. The Kier molecular flexibility index (Phi) is 3.35. The van der Waals surface area contributed by atoms with Crippen molar-refractivity contribution in [3.63, 3.8) is 0 Å². The van der Waals surface area contributed by atoms with E-state index in [1.54, 1.807) is 32.3 Å². The van der Waals surface area contributed by atoms with Crippen molar-refractivity contribution in [2.75, 3.05) is 14.1 Å². The lowest BCUT2D eigenvalue weighted by Gasteiger charge is -2.17. The predicted octanol–water partition coefficient (Wildman–Crippen LogP) is 2.22. The number of hydrogen-bond acceptors (Lipinski definition) is 2. The van der Waals surface area contributed by atoms with Crippen LogP contribution in [0.5, 0.6) is 5.75 Å². The van der Waals surface area contributed by atoms with E-state index in [0.717, 1.165) is 5.56 Å². The van der Waals surface area contributed by atoms with Gasteiger partial charge in [0.1, 0.15) is 5.75 Å². The van der Waals surface area contributed by atoms with Gasteiger partial charge >= 0.3 is 0 Å². The van der Waals surface area contributed by atoms with Crippen molar-refractivity contribution in [1.82, 2.24) is 4.90 Å². The van der Waals surface area contributed by atoms with E-state index in [1.165, 1.54) is 4.90 Å². The van der Waals surface area contributed by atoms with Crippen LogP contribution in [0.25, 0.3) is 0 Å². The molecule has 82 valence electrons. The average Bonchev–Trinajstić information content (AvgIpc) is 2.15. The van der Waals surface area contributed by atoms with Gasteiger partial charge in [-0.25, -0.2) is 0 Å². The van der Waals surface area contributed by atoms with Crippen LogP contribution in [0.4, 0.5) is 0 Å². The molecule has 1 amide bonds. The van der Waals surface area contributed by atoms with Gasteiger partial charge < -0.3 is 10.0 Å². The zero-order chi connectivity index (χ0) is 11.6. The molecule has 0 aliphatic carbocycles. The molecule has 3 nitrogen and oxygen atoms in total. The maximum Gasteiger partial charge on any atom is 0.253 e. The van der Waals surface area contributed by atoms with E-state index >= 15 is 0 Å². The number of phenols is 1. The standard InChI is InChI=1S/C12H17NO2/c1-8(2)11-9(12(15)13(3)4)6-5-7-10(11)14/h5-8,14H,1-4H3. The minimum Gasteiger partial charge on any atom is -0.508 e. The Morgan fingerprint density at radius 1 is 1.33 bits per heavy atom. The highest BCUT2D eigenvalue weighted by Crippen LogP contribution is 2.29. The fourth-order valence-corrected chi connectivity index (χ4v) is 1.59. The van der Waals surface area contributed by atoms with E-state index in [1.807, 2.05) is 13.8 Å². The Morgan fingerprint density at radius 3 is 2.40 bits per heavy atom. The molecule has 0 saturated heterocycles. The highest BCUT2D eigenvalue weighted by molar-refractivity contribution is 5.96. The molecule has 1 aromatic rings. The van der Waals surface area contributed by atoms with Crippen molar-refractivity contribution in [3.05, 3.63) is 29.3 Å². The molecule has 0 saturated carbocycles. The molecule has 0 unspecified atom stereocenters. The fraction of sp³-hybridized carbons (Fsp3) is 0.417. The Bertz CT molecular complexity index is 370. The van der Waals surface area contributed by atoms with E-state index in [2.05, 4.69) is 0 Å². The van der Waals surface area contributed by atoms with Crippen molar-refractivity contribution in [2.24, 2.45) is 0 Å². The molecule has 0 heterocycles. The van der Waals surface area contributed by atoms with Crippen LogP contribution in [-0.4, -0.2) is 30.0 Å². The van der Waals surface area contributed by atoms with Gasteiger partial charge in [-0.2, -0.15) is 0 Å². The van der Waals surface area contributed by atoms with Crippen molar-refractivity contribution in [1.29, 1.82) is 0 Å². The summed E-state index contributed by atoms with van der Waals surface area (Å²) in [6.07, 6.45) is 0. The second-order valence-electron chi connectivity index (χ2n) is 4.09. The number of carbonyl (C=O) groups excluding carboxylic acids is 1. The zero-order valence-electron chi connectivity index (χ0n) is 9.61. The summed E-state index contributed by atoms with van der Waals surface area (Å²) < 4.78 is 0. The molecule has 0 aliphatic rings. The first-order valence-electron chi connectivity index (χ1n) is 4.98. The average molecular weight is 207 g/mol. The Morgan fingerprint density at radius 2 is 1.93 bits per heavy atom. The van der Waals surface area contributed by atoms with Crippen molar-refractivity contribution in [3.8, 4) is 5.75 Å². The first-order valence-corrected chi connectivity index (χ1v) is 4.98. The molecule has 0 aromatic heterocycles. The Hall–Kier alpha value is -1.51. The highest BCUT2D eigenvalue weighted by Gasteiger charge is 2.18. The maximum absolute atomic E-state index is 11.8. The third-order valence-electron chi connectivity index (χ3n) is 2.30. The maximum atomic E-state index is 11.8. The Balaban J connectivity index is 3.29. The summed E-state index contributed by atoms with van der Waals surface area (Å²) >= 11 is 0. The molecule has 1 rings (SSSR count). The largest absolute Gasteiger partial charge is 0.508 e. The third-order valence-corrected chi connectivity index (χ3v) is 2.30. The molecule has 0 spiro atoms. The van der Waals surface area contributed by atoms with E-state index in [0.29, 0.717) is 5.56 Å². The molecule has 0 bridgehead atoms. The van der Waals surface area contributed by atoms with Crippen molar-refractivity contribution < 1.29 is 9.90 Å². The summed E-state index contributed by atoms with van der Waals surface area (Å²) in [5.74, 6) is 0.248. The van der Waals surface area contributed by atoms with Crippen LogP contribution in [0, 0.1) is 0 Å². The van der Waals surface area contributed by atoms with Crippen LogP contribution < -0.4 is 0 Å². The van der Waals surface area contributed by atoms with Gasteiger partial charge in [-0.3, -0.25) is 4.79 Å². The monoisotopic (exact) mass is 207 g/mol. The number of rotatable bonds is 2. The number of carbonyl (C=O) groups is 1. The van der Waals surface area contributed by atoms with E-state index < -0.39 is 0 Å². The number of hydrogen-bond donors (Lipinski definition) is 1. The van der Waals surface area contributed by atoms with Gasteiger partial charge in [-0.15, -0.1) is 0 Å². The third kappa shape index (κ3) is 2.29. The molecule has 1 N–H and O–H groups in total. The molecule has 15 heavy (non-hydrogen) atoms. The summed E-state index contributed by atoms with van der Waals surface area (Å²) in [6, 6.07) is 5.05. The number of nitrogens with zero attached hydrogens (tertiary/aromatic N) is 1. The van der Waals surface area contributed by atoms with Crippen molar-refractivity contribution in [2.45, 2.75) is 19.8 Å². The molecular weight excluding hydrogens is 190 g/mol. The second-order valence-corrected chi connectivity index (χ2v) is 4.09. The normalized spacial score (nSPS) is 10.5. The minimum absolute atomic E-state index is 0.0744. The minimum atomic E-state index is -0.0744. The first-order chi connectivity index (χ1) is 6.95. The van der Waals surface area contributed by atoms with Gasteiger partial charge in [0, 0.05) is 25.2 Å². The van der Waals surface area contributed by atoms with Crippen LogP contribution in [0.2, 0.25) is 0 Å². The number of phenolic OH excluding ortho intramolecular Hbond substituents is 1. The lowest BCUT2D eigenvalue weighted by atomic mass is 9.95. The molecule has 3 heteroatoms. The molecule has 1 aromatic carbocycles. The smallest absolute Gasteiger partial charge is 0.253 e. The second kappa shape index (κ2) is 4.34. The quantitative estimate of drug-likeness (QED) is 0.807. The van der Waals surface area contributed by atoms with Gasteiger partial charge in [-0.05, 0) is 18.1 Å². The van der Waals surface area contributed by atoms with Gasteiger partial charge in [0.05, 0.1) is 0 Å². The zero-order valence-corrected chi connectivity index (χ0v) is 9.61. The summed E-state index contributed by atoms with van der Waals surface area (Å²) in [4.78, 5) is 13.4. The number of amides is 1. The van der Waals surface area contributed by atoms with Gasteiger partial charge in [0.15, 0.2) is 0 Å². The van der Waals surface area contributed by atoms with Gasteiger partial charge in [-0.1, -0.05) is 19.9 Å². The SMILES string of the molecule is CC(C)c1c(O)cccc1C(=O)N(C)C. The molecule has 0 aliphatic heterocycles. The lowest BCUT2D eigenvalue weighted by molar-refractivity contribution is 0.0825. The van der Waals surface area contributed by atoms with Crippen LogP contribution in [-0.2, 0) is 0 Å². The molecule has 0 radical (unpaired) electrons. The van der Waals surface area contributed by atoms with Crippen molar-refractivity contribution >= 4 is 5.91 Å². The highest BCUT2D eigenvalue weighted by atomic mass is 16.3. The first kappa shape index (κ1) is 11.6. The van der Waals surface area contributed by atoms with Crippen LogP contribution in [0.3, 0.4) is 0 Å². The molecular formula is C12H17NO2. The van der Waals surface area contributed by atoms with Gasteiger partial charge in [0.25, 0.3) is 5.91 Å². The van der Waals surface area contributed by atoms with Crippen LogP contribution >= 0.6 is 0 Å². The molecule has 0 fully saturated rings. The van der Waals surface area contributed by atoms with E-state index in [-0.39, 0.29) is 17.6 Å². The summed E-state index contributed by atoms with van der Waals surface area (Å²) in [5.41, 5.74) is 1.30. The van der Waals surface area contributed by atoms with E-state index in [4.69, 9.17) is 0 Å². The molecule has 0 atom stereocenters. The summed E-state index contributed by atoms with van der Waals surface area (Å²) in [6.45, 7) is 3.92. The fourth-order valence-electron chi connectivity index (χ4n) is 1.59. The Labute approximate surface area is 90.3 Å². The number of benzene rings is 1. The lowest BCUT2D eigenvalue weighted by Crippen LogP contribution is -2.23. The van der Waals surface area contributed by atoms with Crippen LogP contribution in [0.15, 0.2) is 18.2 Å².